The fourth-order valence-corrected chi connectivity index (χ4v) is 8.39. The van der Waals surface area contributed by atoms with E-state index in [0.29, 0.717) is 13.1 Å². The van der Waals surface area contributed by atoms with Crippen molar-refractivity contribution in [1.82, 2.24) is 29.7 Å². The van der Waals surface area contributed by atoms with Crippen LogP contribution in [0.3, 0.4) is 0 Å². The second-order valence-electron chi connectivity index (χ2n) is 15.3. The molecule has 2 aromatic carbocycles. The number of H-pyrrole nitrogens is 2. The Hall–Kier alpha value is -4.25. The lowest BCUT2D eigenvalue weighted by Crippen LogP contribution is -2.45. The molecule has 2 atom stereocenters. The summed E-state index contributed by atoms with van der Waals surface area (Å²) in [7, 11) is 0. The largest absolute Gasteiger partial charge is 0.444 e. The fraction of sp³-hybridized carbons (Fsp3) is 0.474. The van der Waals surface area contributed by atoms with Gasteiger partial charge >= 0.3 is 12.2 Å². The van der Waals surface area contributed by atoms with Crippen LogP contribution in [-0.2, 0) is 20.8 Å². The SMILES string of the molecule is CSC1(c2ncc(-c3ccc4c(c3)Cc3cc(-c5cnc(C6CCCN6C(=O)OC(C)(C)C)[nH]5)ccc3-4)[nH]2)CCCN1C(=O)OC(C)(C)C. The van der Waals surface area contributed by atoms with E-state index in [2.05, 4.69) is 46.4 Å². The van der Waals surface area contributed by atoms with Crippen molar-refractivity contribution in [3.8, 4) is 33.6 Å². The Labute approximate surface area is 292 Å². The van der Waals surface area contributed by atoms with E-state index in [-0.39, 0.29) is 18.2 Å². The average molecular weight is 683 g/mol. The molecular formula is C38H46N6O4S. The minimum atomic E-state index is -0.595. The second kappa shape index (κ2) is 12.3. The first kappa shape index (κ1) is 33.3. The molecule has 7 rings (SSSR count). The highest BCUT2D eigenvalue weighted by Gasteiger charge is 2.48. The van der Waals surface area contributed by atoms with Crippen molar-refractivity contribution in [2.24, 2.45) is 0 Å². The molecule has 0 bridgehead atoms. The Balaban J connectivity index is 1.09. The minimum absolute atomic E-state index is 0.122. The summed E-state index contributed by atoms with van der Waals surface area (Å²) in [6.45, 7) is 12.7. The van der Waals surface area contributed by atoms with Gasteiger partial charge in [0.1, 0.15) is 27.7 Å². The smallest absolute Gasteiger partial charge is 0.411 e. The number of aromatic amines is 2. The number of hydrogen-bond acceptors (Lipinski definition) is 7. The van der Waals surface area contributed by atoms with E-state index in [1.807, 2.05) is 65.1 Å². The van der Waals surface area contributed by atoms with Gasteiger partial charge in [0, 0.05) is 13.1 Å². The van der Waals surface area contributed by atoms with Crippen LogP contribution in [0.15, 0.2) is 48.8 Å². The number of hydrogen-bond donors (Lipinski definition) is 2. The van der Waals surface area contributed by atoms with Gasteiger partial charge in [0.25, 0.3) is 0 Å². The lowest BCUT2D eigenvalue weighted by atomic mass is 10.0. The summed E-state index contributed by atoms with van der Waals surface area (Å²) in [5.74, 6) is 1.57. The summed E-state index contributed by atoms with van der Waals surface area (Å²) >= 11 is 1.63. The first-order valence-electron chi connectivity index (χ1n) is 17.2. The summed E-state index contributed by atoms with van der Waals surface area (Å²) in [4.78, 5) is 45.7. The van der Waals surface area contributed by atoms with Gasteiger partial charge in [-0.3, -0.25) is 9.80 Å². The average Bonchev–Trinajstić information content (AvgIpc) is 3.86. The monoisotopic (exact) mass is 682 g/mol. The lowest BCUT2D eigenvalue weighted by Gasteiger charge is -2.36. The maximum Gasteiger partial charge on any atom is 0.411 e. The van der Waals surface area contributed by atoms with Crippen LogP contribution in [0, 0.1) is 0 Å². The Bertz CT molecular complexity index is 1900. The quantitative estimate of drug-likeness (QED) is 0.191. The van der Waals surface area contributed by atoms with Gasteiger partial charge < -0.3 is 19.4 Å². The number of thioether (sulfide) groups is 1. The van der Waals surface area contributed by atoms with Crippen molar-refractivity contribution in [3.05, 3.63) is 71.6 Å². The molecule has 10 nitrogen and oxygen atoms in total. The molecular weight excluding hydrogens is 637 g/mol. The second-order valence-corrected chi connectivity index (χ2v) is 16.4. The molecule has 1 aliphatic carbocycles. The summed E-state index contributed by atoms with van der Waals surface area (Å²) in [6.07, 6.45) is 9.47. The number of carbonyl (C=O) groups is 2. The Morgan fingerprint density at radius 2 is 1.45 bits per heavy atom. The van der Waals surface area contributed by atoms with Gasteiger partial charge in [0.15, 0.2) is 0 Å². The molecule has 2 aliphatic heterocycles. The molecule has 258 valence electrons. The third-order valence-corrected chi connectivity index (χ3v) is 10.8. The molecule has 11 heteroatoms. The molecule has 4 aromatic rings. The predicted octanol–water partition coefficient (Wildman–Crippen LogP) is 8.66. The highest BCUT2D eigenvalue weighted by atomic mass is 32.2. The molecule has 2 aromatic heterocycles. The number of ether oxygens (including phenoxy) is 2. The van der Waals surface area contributed by atoms with Crippen molar-refractivity contribution in [3.63, 3.8) is 0 Å². The van der Waals surface area contributed by atoms with Crippen LogP contribution in [0.4, 0.5) is 9.59 Å². The number of nitrogens with zero attached hydrogens (tertiary/aromatic N) is 4. The van der Waals surface area contributed by atoms with E-state index >= 15 is 0 Å². The molecule has 0 radical (unpaired) electrons. The van der Waals surface area contributed by atoms with Crippen molar-refractivity contribution in [2.75, 3.05) is 19.3 Å². The van der Waals surface area contributed by atoms with E-state index in [1.54, 1.807) is 16.7 Å². The molecule has 3 aliphatic rings. The summed E-state index contributed by atoms with van der Waals surface area (Å²) in [6, 6.07) is 13.0. The molecule has 2 N–H and O–H groups in total. The molecule has 0 spiro atoms. The van der Waals surface area contributed by atoms with Crippen molar-refractivity contribution in [2.45, 2.75) is 95.8 Å². The number of benzene rings is 2. The number of fused-ring (bicyclic) bond motifs is 3. The van der Waals surface area contributed by atoms with Gasteiger partial charge in [-0.2, -0.15) is 0 Å². The van der Waals surface area contributed by atoms with E-state index in [9.17, 15) is 9.59 Å². The summed E-state index contributed by atoms with van der Waals surface area (Å²) < 4.78 is 11.4. The van der Waals surface area contributed by atoms with Crippen molar-refractivity contribution < 1.29 is 19.1 Å². The minimum Gasteiger partial charge on any atom is -0.444 e. The van der Waals surface area contributed by atoms with Gasteiger partial charge in [-0.15, -0.1) is 11.8 Å². The molecule has 49 heavy (non-hydrogen) atoms. The van der Waals surface area contributed by atoms with Crippen LogP contribution in [0.1, 0.15) is 96.0 Å². The van der Waals surface area contributed by atoms with Crippen LogP contribution < -0.4 is 0 Å². The third kappa shape index (κ3) is 6.33. The Morgan fingerprint density at radius 1 is 0.837 bits per heavy atom. The van der Waals surface area contributed by atoms with Gasteiger partial charge in [0.2, 0.25) is 0 Å². The van der Waals surface area contributed by atoms with Crippen LogP contribution in [0.25, 0.3) is 33.6 Å². The number of aromatic nitrogens is 4. The molecule has 2 fully saturated rings. The van der Waals surface area contributed by atoms with Gasteiger partial charge in [0.05, 0.1) is 29.8 Å². The molecule has 2 saturated heterocycles. The molecule has 0 saturated carbocycles. The van der Waals surface area contributed by atoms with E-state index in [0.717, 1.165) is 66.3 Å². The van der Waals surface area contributed by atoms with Crippen molar-refractivity contribution >= 4 is 23.9 Å². The highest BCUT2D eigenvalue weighted by molar-refractivity contribution is 7.99. The van der Waals surface area contributed by atoms with E-state index in [4.69, 9.17) is 19.4 Å². The highest BCUT2D eigenvalue weighted by Crippen LogP contribution is 2.47. The number of amides is 2. The summed E-state index contributed by atoms with van der Waals surface area (Å²) in [5, 5.41) is 0. The first-order chi connectivity index (χ1) is 23.2. The number of imidazole rings is 2. The van der Waals surface area contributed by atoms with Crippen LogP contribution in [0.2, 0.25) is 0 Å². The van der Waals surface area contributed by atoms with Gasteiger partial charge in [-0.1, -0.05) is 24.3 Å². The van der Waals surface area contributed by atoms with Crippen LogP contribution in [-0.4, -0.2) is 72.5 Å². The third-order valence-electron chi connectivity index (χ3n) is 9.53. The number of carbonyl (C=O) groups excluding carboxylic acids is 2. The normalized spacial score (nSPS) is 20.4. The Morgan fingerprint density at radius 3 is 2.08 bits per heavy atom. The maximum atomic E-state index is 13.2. The van der Waals surface area contributed by atoms with E-state index < -0.39 is 16.1 Å². The van der Waals surface area contributed by atoms with Crippen LogP contribution >= 0.6 is 11.8 Å². The van der Waals surface area contributed by atoms with Crippen LogP contribution in [0.5, 0.6) is 0 Å². The maximum absolute atomic E-state index is 13.2. The number of likely N-dealkylation sites (tertiary alicyclic amines) is 2. The topological polar surface area (TPSA) is 116 Å². The first-order valence-corrected chi connectivity index (χ1v) is 18.4. The standard InChI is InChI=1S/C38H46N6O4S/c1-36(2,3)47-34(45)43-16-8-10-31(43)32-39-21-29(41-32)23-11-13-27-25(18-23)20-26-19-24(12-14-28(26)27)30-22-40-33(42-30)38(49-7)15-9-17-44(38)35(46)48-37(4,5)6/h11-14,18-19,21-22,31H,8-10,15-17,20H2,1-7H3,(H,39,41)(H,40,42). The predicted molar refractivity (Wildman–Crippen MR) is 192 cm³/mol. The number of nitrogens with one attached hydrogen (secondary N) is 2. The lowest BCUT2D eigenvalue weighted by molar-refractivity contribution is 0.0181. The molecule has 2 unspecified atom stereocenters. The van der Waals surface area contributed by atoms with Gasteiger partial charge in [-0.25, -0.2) is 19.6 Å². The molecule has 2 amide bonds. The zero-order valence-corrected chi connectivity index (χ0v) is 30.3. The van der Waals surface area contributed by atoms with Crippen molar-refractivity contribution in [1.29, 1.82) is 0 Å². The van der Waals surface area contributed by atoms with Gasteiger partial charge in [-0.05, 0) is 125 Å². The molecule has 4 heterocycles. The summed E-state index contributed by atoms with van der Waals surface area (Å²) in [5.41, 5.74) is 7.89. The zero-order valence-electron chi connectivity index (χ0n) is 29.5. The Kier molecular flexibility index (Phi) is 8.32. The zero-order chi connectivity index (χ0) is 34.7. The number of rotatable bonds is 5. The van der Waals surface area contributed by atoms with E-state index in [1.165, 1.54) is 22.3 Å². The fourth-order valence-electron chi connectivity index (χ4n) is 7.36.